The number of carbonyl (C=O) groups is 2. The van der Waals surface area contributed by atoms with Gasteiger partial charge in [0.1, 0.15) is 17.5 Å². The number of halogens is 1. The summed E-state index contributed by atoms with van der Waals surface area (Å²) in [7, 11) is 3.05. The molecule has 2 aromatic carbocycles. The molecule has 0 aliphatic carbocycles. The van der Waals surface area contributed by atoms with E-state index in [1.54, 1.807) is 49.6 Å². The van der Waals surface area contributed by atoms with Crippen LogP contribution >= 0.6 is 11.6 Å². The number of rotatable bonds is 7. The summed E-state index contributed by atoms with van der Waals surface area (Å²) >= 11 is 6.07. The van der Waals surface area contributed by atoms with Crippen molar-refractivity contribution in [3.05, 3.63) is 53.1 Å². The largest absolute Gasteiger partial charge is 0.497 e. The lowest BCUT2D eigenvalue weighted by Gasteiger charge is -2.22. The Hall–Kier alpha value is -2.73. The average Bonchev–Trinajstić information content (AvgIpc) is 2.66. The maximum atomic E-state index is 12.8. The minimum absolute atomic E-state index is 0.138. The molecule has 0 unspecified atom stereocenters. The Morgan fingerprint density at radius 1 is 1.04 bits per heavy atom. The summed E-state index contributed by atoms with van der Waals surface area (Å²) in [6.07, 6.45) is 0. The third kappa shape index (κ3) is 5.14. The van der Waals surface area contributed by atoms with Crippen molar-refractivity contribution in [1.29, 1.82) is 0 Å². The summed E-state index contributed by atoms with van der Waals surface area (Å²) in [6, 6.07) is 11.0. The van der Waals surface area contributed by atoms with Crippen LogP contribution in [0.1, 0.15) is 24.2 Å². The van der Waals surface area contributed by atoms with Crippen molar-refractivity contribution < 1.29 is 19.1 Å². The lowest BCUT2D eigenvalue weighted by Crippen LogP contribution is -2.47. The Bertz CT molecular complexity index is 823. The highest BCUT2D eigenvalue weighted by atomic mass is 35.5. The monoisotopic (exact) mass is 390 g/mol. The van der Waals surface area contributed by atoms with Crippen LogP contribution in [0.4, 0.5) is 5.69 Å². The van der Waals surface area contributed by atoms with Crippen molar-refractivity contribution >= 4 is 29.1 Å². The van der Waals surface area contributed by atoms with Gasteiger partial charge in [0.2, 0.25) is 5.91 Å². The van der Waals surface area contributed by atoms with Crippen molar-refractivity contribution in [2.24, 2.45) is 5.92 Å². The molecule has 0 fully saturated rings. The predicted octanol–water partition coefficient (Wildman–Crippen LogP) is 3.75. The zero-order chi connectivity index (χ0) is 20.0. The Kier molecular flexibility index (Phi) is 7.07. The van der Waals surface area contributed by atoms with Crippen molar-refractivity contribution in [2.45, 2.75) is 19.9 Å². The van der Waals surface area contributed by atoms with Crippen LogP contribution in [-0.4, -0.2) is 32.1 Å². The number of methoxy groups -OCH3 is 2. The first-order valence-electron chi connectivity index (χ1n) is 8.45. The summed E-state index contributed by atoms with van der Waals surface area (Å²) < 4.78 is 10.4. The second kappa shape index (κ2) is 9.28. The van der Waals surface area contributed by atoms with Gasteiger partial charge >= 0.3 is 0 Å². The van der Waals surface area contributed by atoms with E-state index >= 15 is 0 Å². The molecule has 0 radical (unpaired) electrons. The molecule has 0 aliphatic heterocycles. The number of carbonyl (C=O) groups excluding carboxylic acids is 2. The van der Waals surface area contributed by atoms with Crippen LogP contribution in [0.15, 0.2) is 42.5 Å². The van der Waals surface area contributed by atoms with E-state index in [0.29, 0.717) is 27.8 Å². The molecule has 0 bridgehead atoms. The highest BCUT2D eigenvalue weighted by molar-refractivity contribution is 6.33. The standard InChI is InChI=1S/C20H23ClN2O4/c1-12(2)18(23-19(24)14-7-5-6-8-15(14)21)20(25)22-16-10-9-13(26-3)11-17(16)27-4/h5-12,18H,1-4H3,(H,22,25)(H,23,24)/t18-/m0/s1. The molecular weight excluding hydrogens is 368 g/mol. The number of amides is 2. The average molecular weight is 391 g/mol. The van der Waals surface area contributed by atoms with Crippen LogP contribution in [-0.2, 0) is 4.79 Å². The van der Waals surface area contributed by atoms with Crippen LogP contribution in [0.2, 0.25) is 5.02 Å². The van der Waals surface area contributed by atoms with Crippen LogP contribution in [0.5, 0.6) is 11.5 Å². The molecule has 2 amide bonds. The Labute approximate surface area is 163 Å². The first-order valence-corrected chi connectivity index (χ1v) is 8.83. The number of hydrogen-bond donors (Lipinski definition) is 2. The Balaban J connectivity index is 2.18. The third-order valence-corrected chi connectivity index (χ3v) is 4.35. The summed E-state index contributed by atoms with van der Waals surface area (Å²) in [5, 5.41) is 5.88. The molecule has 6 nitrogen and oxygen atoms in total. The van der Waals surface area contributed by atoms with E-state index in [2.05, 4.69) is 10.6 Å². The van der Waals surface area contributed by atoms with Gasteiger partial charge in [-0.3, -0.25) is 9.59 Å². The van der Waals surface area contributed by atoms with E-state index in [4.69, 9.17) is 21.1 Å². The van der Waals surface area contributed by atoms with Gasteiger partial charge in [0, 0.05) is 6.07 Å². The summed E-state index contributed by atoms with van der Waals surface area (Å²) in [5.74, 6) is 0.172. The molecule has 0 saturated heterocycles. The van der Waals surface area contributed by atoms with Gasteiger partial charge in [0.05, 0.1) is 30.5 Å². The number of ether oxygens (including phenoxy) is 2. The highest BCUT2D eigenvalue weighted by Gasteiger charge is 2.26. The van der Waals surface area contributed by atoms with Gasteiger partial charge in [0.15, 0.2) is 0 Å². The number of benzene rings is 2. The van der Waals surface area contributed by atoms with E-state index in [9.17, 15) is 9.59 Å². The maximum absolute atomic E-state index is 12.8. The molecule has 2 N–H and O–H groups in total. The fraction of sp³-hybridized carbons (Fsp3) is 0.300. The number of anilines is 1. The lowest BCUT2D eigenvalue weighted by molar-refractivity contribution is -0.118. The van der Waals surface area contributed by atoms with Gasteiger partial charge in [-0.05, 0) is 30.2 Å². The zero-order valence-electron chi connectivity index (χ0n) is 15.7. The fourth-order valence-corrected chi connectivity index (χ4v) is 2.73. The van der Waals surface area contributed by atoms with Crippen molar-refractivity contribution in [3.63, 3.8) is 0 Å². The van der Waals surface area contributed by atoms with Crippen LogP contribution in [0, 0.1) is 5.92 Å². The Morgan fingerprint density at radius 3 is 2.33 bits per heavy atom. The number of nitrogens with one attached hydrogen (secondary N) is 2. The van der Waals surface area contributed by atoms with E-state index in [0.717, 1.165) is 0 Å². The molecule has 0 spiro atoms. The highest BCUT2D eigenvalue weighted by Crippen LogP contribution is 2.29. The number of hydrogen-bond acceptors (Lipinski definition) is 4. The summed E-state index contributed by atoms with van der Waals surface area (Å²) in [5.41, 5.74) is 0.806. The Morgan fingerprint density at radius 2 is 1.74 bits per heavy atom. The van der Waals surface area contributed by atoms with E-state index in [-0.39, 0.29) is 11.8 Å². The fourth-order valence-electron chi connectivity index (χ4n) is 2.51. The van der Waals surface area contributed by atoms with Gasteiger partial charge in [-0.1, -0.05) is 37.6 Å². The van der Waals surface area contributed by atoms with E-state index in [1.165, 1.54) is 7.11 Å². The molecule has 0 aromatic heterocycles. The lowest BCUT2D eigenvalue weighted by atomic mass is 10.0. The first-order chi connectivity index (χ1) is 12.9. The molecule has 27 heavy (non-hydrogen) atoms. The van der Waals surface area contributed by atoms with Crippen LogP contribution in [0.3, 0.4) is 0 Å². The molecule has 0 aliphatic rings. The van der Waals surface area contributed by atoms with Gasteiger partial charge < -0.3 is 20.1 Å². The van der Waals surface area contributed by atoms with Crippen molar-refractivity contribution in [1.82, 2.24) is 5.32 Å². The van der Waals surface area contributed by atoms with Crippen LogP contribution in [0.25, 0.3) is 0 Å². The van der Waals surface area contributed by atoms with Crippen LogP contribution < -0.4 is 20.1 Å². The second-order valence-corrected chi connectivity index (χ2v) is 6.64. The zero-order valence-corrected chi connectivity index (χ0v) is 16.5. The predicted molar refractivity (Wildman–Crippen MR) is 106 cm³/mol. The summed E-state index contributed by atoms with van der Waals surface area (Å²) in [6.45, 7) is 3.70. The van der Waals surface area contributed by atoms with E-state index in [1.807, 2.05) is 13.8 Å². The van der Waals surface area contributed by atoms with Crippen molar-refractivity contribution in [3.8, 4) is 11.5 Å². The quantitative estimate of drug-likeness (QED) is 0.754. The smallest absolute Gasteiger partial charge is 0.253 e. The van der Waals surface area contributed by atoms with Gasteiger partial charge in [-0.2, -0.15) is 0 Å². The molecule has 1 atom stereocenters. The molecule has 2 aromatic rings. The third-order valence-electron chi connectivity index (χ3n) is 4.02. The minimum atomic E-state index is -0.749. The van der Waals surface area contributed by atoms with Gasteiger partial charge in [-0.15, -0.1) is 0 Å². The molecule has 2 rings (SSSR count). The molecule has 0 heterocycles. The first kappa shape index (κ1) is 20.6. The molecule has 0 saturated carbocycles. The molecule has 7 heteroatoms. The summed E-state index contributed by atoms with van der Waals surface area (Å²) in [4.78, 5) is 25.3. The van der Waals surface area contributed by atoms with E-state index < -0.39 is 11.9 Å². The molecular formula is C20H23ClN2O4. The topological polar surface area (TPSA) is 76.7 Å². The normalized spacial score (nSPS) is 11.6. The van der Waals surface area contributed by atoms with Gasteiger partial charge in [-0.25, -0.2) is 0 Å². The SMILES string of the molecule is COc1ccc(NC(=O)[C@@H](NC(=O)c2ccccc2Cl)C(C)C)c(OC)c1. The maximum Gasteiger partial charge on any atom is 0.253 e. The van der Waals surface area contributed by atoms with Gasteiger partial charge in [0.25, 0.3) is 5.91 Å². The minimum Gasteiger partial charge on any atom is -0.497 e. The van der Waals surface area contributed by atoms with Crippen molar-refractivity contribution in [2.75, 3.05) is 19.5 Å². The second-order valence-electron chi connectivity index (χ2n) is 6.23. The molecule has 144 valence electrons.